The zero-order valence-electron chi connectivity index (χ0n) is 14.3. The van der Waals surface area contributed by atoms with E-state index in [1.54, 1.807) is 6.92 Å². The summed E-state index contributed by atoms with van der Waals surface area (Å²) in [7, 11) is 1.96. The van der Waals surface area contributed by atoms with Crippen molar-refractivity contribution in [1.29, 1.82) is 0 Å². The molecule has 0 saturated carbocycles. The van der Waals surface area contributed by atoms with Gasteiger partial charge in [-0.05, 0) is 32.9 Å². The van der Waals surface area contributed by atoms with Crippen molar-refractivity contribution in [3.63, 3.8) is 0 Å². The summed E-state index contributed by atoms with van der Waals surface area (Å²) in [5.74, 6) is -0.203. The smallest absolute Gasteiger partial charge is 0.282 e. The van der Waals surface area contributed by atoms with Gasteiger partial charge in [-0.3, -0.25) is 9.69 Å². The SMILES string of the molecule is Cc1ccc(CNC(=O)c2nnc(CN(C)CCC(C)O)s2)cc1. The van der Waals surface area contributed by atoms with Gasteiger partial charge in [0.05, 0.1) is 12.6 Å². The van der Waals surface area contributed by atoms with E-state index in [1.807, 2.05) is 38.2 Å². The second kappa shape index (κ2) is 8.86. The van der Waals surface area contributed by atoms with E-state index in [4.69, 9.17) is 0 Å². The van der Waals surface area contributed by atoms with Crippen LogP contribution >= 0.6 is 11.3 Å². The number of aromatic nitrogens is 2. The quantitative estimate of drug-likeness (QED) is 0.763. The van der Waals surface area contributed by atoms with Crippen molar-refractivity contribution in [2.45, 2.75) is 39.5 Å². The molecule has 6 nitrogen and oxygen atoms in total. The molecule has 7 heteroatoms. The van der Waals surface area contributed by atoms with Crippen molar-refractivity contribution < 1.29 is 9.90 Å². The van der Waals surface area contributed by atoms with Crippen molar-refractivity contribution in [1.82, 2.24) is 20.4 Å². The second-order valence-corrected chi connectivity index (χ2v) is 7.11. The minimum absolute atomic E-state index is 0.203. The zero-order chi connectivity index (χ0) is 17.5. The zero-order valence-corrected chi connectivity index (χ0v) is 15.1. The predicted octanol–water partition coefficient (Wildman–Crippen LogP) is 1.98. The first kappa shape index (κ1) is 18.5. The molecule has 0 saturated heterocycles. The lowest BCUT2D eigenvalue weighted by molar-refractivity contribution is 0.0949. The number of carbonyl (C=O) groups is 1. The number of aliphatic hydroxyl groups is 1. The Morgan fingerprint density at radius 1 is 1.33 bits per heavy atom. The fourth-order valence-electron chi connectivity index (χ4n) is 2.09. The molecule has 0 aliphatic carbocycles. The van der Waals surface area contributed by atoms with Gasteiger partial charge in [0, 0.05) is 13.1 Å². The summed E-state index contributed by atoms with van der Waals surface area (Å²) >= 11 is 1.30. The highest BCUT2D eigenvalue weighted by Crippen LogP contribution is 2.12. The topological polar surface area (TPSA) is 78.4 Å². The Labute approximate surface area is 146 Å². The molecule has 130 valence electrons. The second-order valence-electron chi connectivity index (χ2n) is 6.04. The summed E-state index contributed by atoms with van der Waals surface area (Å²) in [5.41, 5.74) is 2.25. The lowest BCUT2D eigenvalue weighted by Gasteiger charge is -2.15. The highest BCUT2D eigenvalue weighted by molar-refractivity contribution is 7.13. The van der Waals surface area contributed by atoms with Crippen LogP contribution in [0.5, 0.6) is 0 Å². The van der Waals surface area contributed by atoms with E-state index >= 15 is 0 Å². The van der Waals surface area contributed by atoms with Crippen molar-refractivity contribution in [3.05, 3.63) is 45.4 Å². The van der Waals surface area contributed by atoms with Crippen molar-refractivity contribution in [2.75, 3.05) is 13.6 Å². The van der Waals surface area contributed by atoms with Gasteiger partial charge in [0.15, 0.2) is 0 Å². The van der Waals surface area contributed by atoms with Crippen molar-refractivity contribution in [2.24, 2.45) is 0 Å². The molecular formula is C17H24N4O2S. The number of amides is 1. The number of carbonyl (C=O) groups excluding carboxylic acids is 1. The van der Waals surface area contributed by atoms with Gasteiger partial charge in [0.2, 0.25) is 5.01 Å². The van der Waals surface area contributed by atoms with E-state index < -0.39 is 0 Å². The predicted molar refractivity (Wildman–Crippen MR) is 94.9 cm³/mol. The molecule has 0 aliphatic rings. The number of aryl methyl sites for hydroxylation is 1. The first-order valence-corrected chi connectivity index (χ1v) is 8.78. The largest absolute Gasteiger partial charge is 0.393 e. The van der Waals surface area contributed by atoms with Crippen LogP contribution in [0.4, 0.5) is 0 Å². The fraction of sp³-hybridized carbons (Fsp3) is 0.471. The third-order valence-corrected chi connectivity index (χ3v) is 4.48. The Bertz CT molecular complexity index is 655. The number of hydrogen-bond donors (Lipinski definition) is 2. The van der Waals surface area contributed by atoms with Gasteiger partial charge < -0.3 is 10.4 Å². The van der Waals surface area contributed by atoms with E-state index in [0.717, 1.165) is 17.1 Å². The molecule has 0 radical (unpaired) electrons. The molecule has 0 spiro atoms. The lowest BCUT2D eigenvalue weighted by atomic mass is 10.1. The molecule has 2 rings (SSSR count). The van der Waals surface area contributed by atoms with Gasteiger partial charge >= 0.3 is 0 Å². The molecule has 0 aliphatic heterocycles. The van der Waals surface area contributed by atoms with Crippen LogP contribution in [-0.2, 0) is 13.1 Å². The number of nitrogens with one attached hydrogen (secondary N) is 1. The van der Waals surface area contributed by atoms with Crippen molar-refractivity contribution >= 4 is 17.2 Å². The maximum absolute atomic E-state index is 12.1. The minimum Gasteiger partial charge on any atom is -0.393 e. The average Bonchev–Trinajstić information content (AvgIpc) is 3.00. The molecule has 1 aromatic heterocycles. The molecule has 1 unspecified atom stereocenters. The summed E-state index contributed by atoms with van der Waals surface area (Å²) in [6, 6.07) is 8.04. The molecule has 24 heavy (non-hydrogen) atoms. The van der Waals surface area contributed by atoms with Crippen LogP contribution in [0.2, 0.25) is 0 Å². The molecule has 1 atom stereocenters. The van der Waals surface area contributed by atoms with Crippen LogP contribution in [0.25, 0.3) is 0 Å². The first-order valence-electron chi connectivity index (χ1n) is 7.97. The Balaban J connectivity index is 1.83. The molecule has 1 amide bonds. The fourth-order valence-corrected chi connectivity index (χ4v) is 2.93. The molecule has 0 bridgehead atoms. The third-order valence-electron chi connectivity index (χ3n) is 3.57. The summed E-state index contributed by atoms with van der Waals surface area (Å²) in [5, 5.41) is 21.4. The van der Waals surface area contributed by atoms with Gasteiger partial charge in [-0.25, -0.2) is 0 Å². The van der Waals surface area contributed by atoms with E-state index in [-0.39, 0.29) is 12.0 Å². The standard InChI is InChI=1S/C17H24N4O2S/c1-12-4-6-14(7-5-12)10-18-16(23)17-20-19-15(24-17)11-21(3)9-8-13(2)22/h4-7,13,22H,8-11H2,1-3H3,(H,18,23). The lowest BCUT2D eigenvalue weighted by Crippen LogP contribution is -2.22. The van der Waals surface area contributed by atoms with Crippen LogP contribution in [0.3, 0.4) is 0 Å². The summed E-state index contributed by atoms with van der Waals surface area (Å²) in [6.07, 6.45) is 0.393. The minimum atomic E-state index is -0.315. The number of hydrogen-bond acceptors (Lipinski definition) is 6. The first-order chi connectivity index (χ1) is 11.4. The van der Waals surface area contributed by atoms with E-state index in [1.165, 1.54) is 16.9 Å². The van der Waals surface area contributed by atoms with E-state index in [2.05, 4.69) is 20.4 Å². The maximum atomic E-state index is 12.1. The van der Waals surface area contributed by atoms with E-state index in [0.29, 0.717) is 24.5 Å². The molecule has 1 aromatic carbocycles. The Morgan fingerprint density at radius 3 is 2.71 bits per heavy atom. The van der Waals surface area contributed by atoms with Gasteiger partial charge in [0.25, 0.3) is 5.91 Å². The van der Waals surface area contributed by atoms with Gasteiger partial charge in [-0.2, -0.15) is 0 Å². The van der Waals surface area contributed by atoms with Crippen LogP contribution < -0.4 is 5.32 Å². The van der Waals surface area contributed by atoms with E-state index in [9.17, 15) is 9.90 Å². The monoisotopic (exact) mass is 348 g/mol. The van der Waals surface area contributed by atoms with Gasteiger partial charge in [-0.1, -0.05) is 41.2 Å². The van der Waals surface area contributed by atoms with Crippen molar-refractivity contribution in [3.8, 4) is 0 Å². The van der Waals surface area contributed by atoms with Gasteiger partial charge in [0.1, 0.15) is 5.01 Å². The average molecular weight is 348 g/mol. The molecule has 1 heterocycles. The Kier molecular flexibility index (Phi) is 6.84. The normalized spacial score (nSPS) is 12.4. The number of aliphatic hydroxyl groups excluding tert-OH is 1. The van der Waals surface area contributed by atoms with Crippen LogP contribution in [0.1, 0.15) is 39.3 Å². The number of rotatable bonds is 8. The summed E-state index contributed by atoms with van der Waals surface area (Å²) in [6.45, 7) is 5.67. The molecule has 2 aromatic rings. The Morgan fingerprint density at radius 2 is 2.04 bits per heavy atom. The highest BCUT2D eigenvalue weighted by Gasteiger charge is 2.14. The maximum Gasteiger partial charge on any atom is 0.282 e. The van der Waals surface area contributed by atoms with Crippen LogP contribution in [-0.4, -0.2) is 45.8 Å². The molecule has 0 fully saturated rings. The molecular weight excluding hydrogens is 324 g/mol. The Hall–Kier alpha value is -1.83. The van der Waals surface area contributed by atoms with Gasteiger partial charge in [-0.15, -0.1) is 10.2 Å². The summed E-state index contributed by atoms with van der Waals surface area (Å²) in [4.78, 5) is 14.2. The van der Waals surface area contributed by atoms with Crippen LogP contribution in [0.15, 0.2) is 24.3 Å². The number of nitrogens with zero attached hydrogens (tertiary/aromatic N) is 3. The highest BCUT2D eigenvalue weighted by atomic mass is 32.1. The molecule has 2 N–H and O–H groups in total. The third kappa shape index (κ3) is 5.99. The summed E-state index contributed by atoms with van der Waals surface area (Å²) < 4.78 is 0. The van der Waals surface area contributed by atoms with Crippen LogP contribution in [0, 0.1) is 6.92 Å². The number of benzene rings is 1.